The van der Waals surface area contributed by atoms with Crippen molar-refractivity contribution in [3.05, 3.63) is 51.5 Å². The van der Waals surface area contributed by atoms with Gasteiger partial charge in [0.1, 0.15) is 0 Å². The molecule has 1 aromatic carbocycles. The Labute approximate surface area is 145 Å². The summed E-state index contributed by atoms with van der Waals surface area (Å²) in [7, 11) is 0. The van der Waals surface area contributed by atoms with Gasteiger partial charge < -0.3 is 10.6 Å². The fourth-order valence-corrected chi connectivity index (χ4v) is 3.78. The number of primary amides is 1. The van der Waals surface area contributed by atoms with Crippen molar-refractivity contribution in [2.45, 2.75) is 26.2 Å². The zero-order chi connectivity index (χ0) is 17.1. The number of aromatic nitrogens is 1. The van der Waals surface area contributed by atoms with Crippen molar-refractivity contribution < 1.29 is 9.59 Å². The van der Waals surface area contributed by atoms with Crippen LogP contribution in [0.2, 0.25) is 0 Å². The van der Waals surface area contributed by atoms with Crippen LogP contribution in [0.15, 0.2) is 29.6 Å². The predicted octanol–water partition coefficient (Wildman–Crippen LogP) is 2.18. The van der Waals surface area contributed by atoms with E-state index in [0.29, 0.717) is 17.9 Å². The maximum absolute atomic E-state index is 12.4. The average Bonchev–Trinajstić information content (AvgIpc) is 3.17. The van der Waals surface area contributed by atoms with Crippen molar-refractivity contribution in [2.24, 2.45) is 11.7 Å². The fourth-order valence-electron chi connectivity index (χ4n) is 3.17. The number of nitrogens with two attached hydrogens (primary N) is 1. The zero-order valence-corrected chi connectivity index (χ0v) is 14.5. The third-order valence-corrected chi connectivity index (χ3v) is 5.20. The molecular weight excluding hydrogens is 322 g/mol. The summed E-state index contributed by atoms with van der Waals surface area (Å²) in [6, 6.07) is 7.45. The van der Waals surface area contributed by atoms with Crippen LogP contribution in [0.5, 0.6) is 0 Å². The van der Waals surface area contributed by atoms with Gasteiger partial charge in [-0.05, 0) is 43.4 Å². The molecule has 1 aliphatic heterocycles. The number of nitrogens with zero attached hydrogens (tertiary/aromatic N) is 2. The molecule has 2 amide bonds. The number of aryl methyl sites for hydroxylation is 1. The first kappa shape index (κ1) is 16.6. The van der Waals surface area contributed by atoms with Crippen molar-refractivity contribution in [2.75, 3.05) is 13.1 Å². The van der Waals surface area contributed by atoms with Crippen LogP contribution in [0.1, 0.15) is 33.0 Å². The predicted molar refractivity (Wildman–Crippen MR) is 93.9 cm³/mol. The van der Waals surface area contributed by atoms with E-state index >= 15 is 0 Å². The third-order valence-electron chi connectivity index (χ3n) is 4.37. The van der Waals surface area contributed by atoms with Gasteiger partial charge in [0.05, 0.1) is 17.1 Å². The van der Waals surface area contributed by atoms with Crippen molar-refractivity contribution in [1.29, 1.82) is 0 Å². The molecule has 0 unspecified atom stereocenters. The molecule has 1 saturated heterocycles. The van der Waals surface area contributed by atoms with E-state index < -0.39 is 5.91 Å². The Kier molecular flexibility index (Phi) is 4.94. The average molecular weight is 343 g/mol. The SMILES string of the molecule is Cc1nc(CC(=O)N2CC[C@@H](Cc3cccc(C(N)=O)c3)C2)cs1. The van der Waals surface area contributed by atoms with Gasteiger partial charge in [0, 0.05) is 24.0 Å². The lowest BCUT2D eigenvalue weighted by atomic mass is 9.97. The highest BCUT2D eigenvalue weighted by molar-refractivity contribution is 7.09. The minimum Gasteiger partial charge on any atom is -0.366 e. The first-order chi connectivity index (χ1) is 11.5. The van der Waals surface area contributed by atoms with Crippen LogP contribution >= 0.6 is 11.3 Å². The van der Waals surface area contributed by atoms with E-state index in [1.54, 1.807) is 17.4 Å². The van der Waals surface area contributed by atoms with Gasteiger partial charge >= 0.3 is 0 Å². The molecule has 0 bridgehead atoms. The maximum atomic E-state index is 12.4. The summed E-state index contributed by atoms with van der Waals surface area (Å²) in [5.41, 5.74) is 7.83. The van der Waals surface area contributed by atoms with Gasteiger partial charge in [0.25, 0.3) is 0 Å². The molecule has 1 atom stereocenters. The van der Waals surface area contributed by atoms with Crippen molar-refractivity contribution >= 4 is 23.2 Å². The Hall–Kier alpha value is -2.21. The van der Waals surface area contributed by atoms with Gasteiger partial charge in [-0.3, -0.25) is 9.59 Å². The quantitative estimate of drug-likeness (QED) is 0.904. The minimum atomic E-state index is -0.404. The third kappa shape index (κ3) is 4.00. The van der Waals surface area contributed by atoms with Gasteiger partial charge in [-0.2, -0.15) is 0 Å². The molecule has 24 heavy (non-hydrogen) atoms. The number of benzene rings is 1. The van der Waals surface area contributed by atoms with E-state index in [1.807, 2.05) is 35.4 Å². The molecule has 3 rings (SSSR count). The van der Waals surface area contributed by atoms with Gasteiger partial charge in [-0.25, -0.2) is 4.98 Å². The molecule has 126 valence electrons. The summed E-state index contributed by atoms with van der Waals surface area (Å²) in [5, 5.41) is 2.95. The Morgan fingerprint density at radius 3 is 2.96 bits per heavy atom. The highest BCUT2D eigenvalue weighted by Gasteiger charge is 2.26. The van der Waals surface area contributed by atoms with Crippen LogP contribution in [0.3, 0.4) is 0 Å². The zero-order valence-electron chi connectivity index (χ0n) is 13.7. The van der Waals surface area contributed by atoms with Crippen LogP contribution < -0.4 is 5.73 Å². The first-order valence-corrected chi connectivity index (χ1v) is 8.97. The smallest absolute Gasteiger partial charge is 0.248 e. The van der Waals surface area contributed by atoms with Crippen LogP contribution in [0.4, 0.5) is 0 Å². The highest BCUT2D eigenvalue weighted by atomic mass is 32.1. The van der Waals surface area contributed by atoms with E-state index in [1.165, 1.54) is 0 Å². The molecule has 0 saturated carbocycles. The number of hydrogen-bond donors (Lipinski definition) is 1. The van der Waals surface area contributed by atoms with Gasteiger partial charge in [-0.15, -0.1) is 11.3 Å². The molecule has 6 heteroatoms. The normalized spacial score (nSPS) is 17.2. The number of rotatable bonds is 5. The standard InChI is InChI=1S/C18H21N3O2S/c1-12-20-16(11-24-12)9-17(22)21-6-5-14(10-21)7-13-3-2-4-15(8-13)18(19)23/h2-4,8,11,14H,5-7,9-10H2,1H3,(H2,19,23)/t14-/m0/s1. The Morgan fingerprint density at radius 1 is 1.42 bits per heavy atom. The second kappa shape index (κ2) is 7.13. The Bertz CT molecular complexity index is 756. The van der Waals surface area contributed by atoms with Gasteiger partial charge in [0.2, 0.25) is 11.8 Å². The first-order valence-electron chi connectivity index (χ1n) is 8.09. The van der Waals surface area contributed by atoms with Crippen molar-refractivity contribution in [3.63, 3.8) is 0 Å². The molecule has 5 nitrogen and oxygen atoms in total. The van der Waals surface area contributed by atoms with Crippen LogP contribution in [-0.2, 0) is 17.6 Å². The summed E-state index contributed by atoms with van der Waals surface area (Å²) in [6.45, 7) is 3.51. The Balaban J connectivity index is 1.56. The van der Waals surface area contributed by atoms with E-state index in [0.717, 1.165) is 42.2 Å². The maximum Gasteiger partial charge on any atom is 0.248 e. The minimum absolute atomic E-state index is 0.147. The lowest BCUT2D eigenvalue weighted by Crippen LogP contribution is -2.30. The molecule has 0 spiro atoms. The summed E-state index contributed by atoms with van der Waals surface area (Å²) < 4.78 is 0. The van der Waals surface area contributed by atoms with Crippen LogP contribution in [0, 0.1) is 12.8 Å². The molecule has 2 heterocycles. The second-order valence-corrected chi connectivity index (χ2v) is 7.36. The number of carbonyl (C=O) groups is 2. The molecule has 0 radical (unpaired) electrons. The highest BCUT2D eigenvalue weighted by Crippen LogP contribution is 2.22. The molecule has 2 aromatic rings. The van der Waals surface area contributed by atoms with Crippen LogP contribution in [0.25, 0.3) is 0 Å². The van der Waals surface area contributed by atoms with Gasteiger partial charge in [0.15, 0.2) is 0 Å². The number of likely N-dealkylation sites (tertiary alicyclic amines) is 1. The van der Waals surface area contributed by atoms with Crippen molar-refractivity contribution in [3.8, 4) is 0 Å². The van der Waals surface area contributed by atoms with E-state index in [2.05, 4.69) is 4.98 Å². The Morgan fingerprint density at radius 2 is 2.25 bits per heavy atom. The number of thiazole rings is 1. The van der Waals surface area contributed by atoms with E-state index in [-0.39, 0.29) is 5.91 Å². The lowest BCUT2D eigenvalue weighted by molar-refractivity contribution is -0.129. The summed E-state index contributed by atoms with van der Waals surface area (Å²) in [6.07, 6.45) is 2.23. The van der Waals surface area contributed by atoms with E-state index in [4.69, 9.17) is 5.73 Å². The number of amides is 2. The second-order valence-electron chi connectivity index (χ2n) is 6.30. The van der Waals surface area contributed by atoms with Gasteiger partial charge in [-0.1, -0.05) is 12.1 Å². The molecule has 1 aromatic heterocycles. The summed E-state index contributed by atoms with van der Waals surface area (Å²) >= 11 is 1.58. The fraction of sp³-hybridized carbons (Fsp3) is 0.389. The molecule has 2 N–H and O–H groups in total. The molecular formula is C18H21N3O2S. The topological polar surface area (TPSA) is 76.3 Å². The molecule has 0 aliphatic carbocycles. The lowest BCUT2D eigenvalue weighted by Gasteiger charge is -2.16. The largest absolute Gasteiger partial charge is 0.366 e. The molecule has 1 fully saturated rings. The molecule has 1 aliphatic rings. The summed E-state index contributed by atoms with van der Waals surface area (Å²) in [5.74, 6) is 0.168. The summed E-state index contributed by atoms with van der Waals surface area (Å²) in [4.78, 5) is 30.0. The van der Waals surface area contributed by atoms with Crippen molar-refractivity contribution in [1.82, 2.24) is 9.88 Å². The van der Waals surface area contributed by atoms with E-state index in [9.17, 15) is 9.59 Å². The van der Waals surface area contributed by atoms with Crippen LogP contribution in [-0.4, -0.2) is 34.8 Å². The number of carbonyl (C=O) groups excluding carboxylic acids is 2. The number of hydrogen-bond acceptors (Lipinski definition) is 4. The monoisotopic (exact) mass is 343 g/mol.